The monoisotopic (exact) mass is 584 g/mol. The van der Waals surface area contributed by atoms with Crippen molar-refractivity contribution in [3.8, 4) is 22.5 Å². The zero-order valence-electron chi connectivity index (χ0n) is 28.0. The average Bonchev–Trinajstić information content (AvgIpc) is 3.07. The van der Waals surface area contributed by atoms with Crippen molar-refractivity contribution in [3.63, 3.8) is 0 Å². The van der Waals surface area contributed by atoms with Crippen LogP contribution in [0.4, 0.5) is 0 Å². The van der Waals surface area contributed by atoms with Gasteiger partial charge in [-0.1, -0.05) is 45.4 Å². The van der Waals surface area contributed by atoms with Crippen LogP contribution in [0.15, 0.2) is 79.1 Å². The van der Waals surface area contributed by atoms with Crippen molar-refractivity contribution in [1.29, 1.82) is 0 Å². The van der Waals surface area contributed by atoms with Crippen molar-refractivity contribution < 1.29 is 9.13 Å². The molecule has 8 rings (SSSR count). The van der Waals surface area contributed by atoms with E-state index in [1.165, 1.54) is 72.2 Å². The van der Waals surface area contributed by atoms with Crippen molar-refractivity contribution in [2.75, 3.05) is 0 Å². The lowest BCUT2D eigenvalue weighted by molar-refractivity contribution is -0.792. The SMILES string of the molecule is CCCCc1ccc2c(c1)C(CC)(C(C)[n+]1ccccc1-c1cc3c(cc1C)C1CCC3CC1)C(C)(CC)[n+]1ccccc1-2. The number of pyridine rings is 2. The van der Waals surface area contributed by atoms with Gasteiger partial charge in [0.2, 0.25) is 11.4 Å². The molecule has 4 aliphatic rings. The normalized spacial score (nSPS) is 25.7. The van der Waals surface area contributed by atoms with Gasteiger partial charge in [0, 0.05) is 43.2 Å². The van der Waals surface area contributed by atoms with Gasteiger partial charge in [-0.3, -0.25) is 0 Å². The summed E-state index contributed by atoms with van der Waals surface area (Å²) in [5, 5.41) is 0. The molecule has 2 bridgehead atoms. The van der Waals surface area contributed by atoms with Crippen LogP contribution < -0.4 is 9.13 Å². The lowest BCUT2D eigenvalue weighted by Crippen LogP contribution is -2.72. The Kier molecular flexibility index (Phi) is 7.54. The molecule has 0 saturated heterocycles. The van der Waals surface area contributed by atoms with E-state index in [-0.39, 0.29) is 17.0 Å². The summed E-state index contributed by atoms with van der Waals surface area (Å²) in [5.41, 5.74) is 13.1. The summed E-state index contributed by atoms with van der Waals surface area (Å²) in [5.74, 6) is 1.52. The van der Waals surface area contributed by atoms with E-state index in [4.69, 9.17) is 0 Å². The maximum absolute atomic E-state index is 2.66. The molecule has 2 nitrogen and oxygen atoms in total. The first-order chi connectivity index (χ1) is 21.4. The average molecular weight is 585 g/mol. The quantitative estimate of drug-likeness (QED) is 0.182. The Morgan fingerprint density at radius 2 is 1.45 bits per heavy atom. The highest BCUT2D eigenvalue weighted by molar-refractivity contribution is 5.67. The number of hydrogen-bond acceptors (Lipinski definition) is 0. The molecule has 4 aromatic rings. The number of benzene rings is 2. The highest BCUT2D eigenvalue weighted by Crippen LogP contribution is 2.55. The Morgan fingerprint density at radius 1 is 0.773 bits per heavy atom. The van der Waals surface area contributed by atoms with E-state index in [1.54, 1.807) is 16.7 Å². The number of rotatable bonds is 8. The molecule has 2 aromatic carbocycles. The van der Waals surface area contributed by atoms with Gasteiger partial charge in [0.25, 0.3) is 0 Å². The number of aromatic nitrogens is 2. The molecule has 3 heterocycles. The lowest BCUT2D eigenvalue weighted by atomic mass is 9.56. The van der Waals surface area contributed by atoms with E-state index in [9.17, 15) is 0 Å². The maximum Gasteiger partial charge on any atom is 0.213 e. The fourth-order valence-corrected chi connectivity index (χ4v) is 10.1. The molecule has 0 amide bonds. The second-order valence-electron chi connectivity index (χ2n) is 14.4. The van der Waals surface area contributed by atoms with Gasteiger partial charge in [-0.05, 0) is 123 Å². The Hall–Kier alpha value is -3.26. The number of hydrogen-bond donors (Lipinski definition) is 0. The third-order valence-electron chi connectivity index (χ3n) is 12.6. The first kappa shape index (κ1) is 29.5. The van der Waals surface area contributed by atoms with E-state index in [0.29, 0.717) is 0 Å². The maximum atomic E-state index is 2.66. The molecule has 1 aliphatic heterocycles. The van der Waals surface area contributed by atoms with E-state index >= 15 is 0 Å². The molecule has 44 heavy (non-hydrogen) atoms. The molecule has 1 saturated carbocycles. The summed E-state index contributed by atoms with van der Waals surface area (Å²) in [6, 6.07) is 26.6. The van der Waals surface area contributed by atoms with Gasteiger partial charge >= 0.3 is 0 Å². The van der Waals surface area contributed by atoms with Crippen LogP contribution in [0.25, 0.3) is 22.5 Å². The Labute approximate surface area is 266 Å². The van der Waals surface area contributed by atoms with Gasteiger partial charge in [-0.2, -0.15) is 9.13 Å². The van der Waals surface area contributed by atoms with Crippen LogP contribution in [0, 0.1) is 6.92 Å². The Bertz CT molecular complexity index is 1690. The summed E-state index contributed by atoms with van der Waals surface area (Å²) >= 11 is 0. The van der Waals surface area contributed by atoms with Crippen LogP contribution in [-0.4, -0.2) is 0 Å². The van der Waals surface area contributed by atoms with Crippen molar-refractivity contribution in [3.05, 3.63) is 107 Å². The fraction of sp³-hybridized carbons (Fsp3) is 0.476. The van der Waals surface area contributed by atoms with Crippen LogP contribution in [-0.2, 0) is 17.4 Å². The highest BCUT2D eigenvalue weighted by atomic mass is 15.1. The van der Waals surface area contributed by atoms with Crippen LogP contribution in [0.1, 0.15) is 132 Å². The molecule has 2 heteroatoms. The predicted molar refractivity (Wildman–Crippen MR) is 182 cm³/mol. The van der Waals surface area contributed by atoms with Gasteiger partial charge in [0.05, 0.1) is 5.56 Å². The van der Waals surface area contributed by atoms with E-state index in [0.717, 1.165) is 31.1 Å². The van der Waals surface area contributed by atoms with E-state index < -0.39 is 0 Å². The number of nitrogens with zero attached hydrogens (tertiary/aromatic N) is 2. The number of fused-ring (bicyclic) bond motifs is 5. The van der Waals surface area contributed by atoms with Crippen LogP contribution in [0.5, 0.6) is 0 Å². The zero-order valence-corrected chi connectivity index (χ0v) is 28.0. The van der Waals surface area contributed by atoms with Crippen LogP contribution >= 0.6 is 0 Å². The smallest absolute Gasteiger partial charge is 0.195 e. The summed E-state index contributed by atoms with van der Waals surface area (Å²) in [7, 11) is 0. The minimum absolute atomic E-state index is 0.0989. The lowest BCUT2D eigenvalue weighted by Gasteiger charge is -2.49. The molecule has 2 aromatic heterocycles. The molecule has 0 radical (unpaired) electrons. The minimum Gasteiger partial charge on any atom is -0.195 e. The summed E-state index contributed by atoms with van der Waals surface area (Å²) < 4.78 is 5.29. The van der Waals surface area contributed by atoms with E-state index in [1.807, 2.05) is 0 Å². The third-order valence-corrected chi connectivity index (χ3v) is 12.6. The fourth-order valence-electron chi connectivity index (χ4n) is 10.1. The molecule has 3 aliphatic carbocycles. The third kappa shape index (κ3) is 4.19. The first-order valence-corrected chi connectivity index (χ1v) is 17.7. The van der Waals surface area contributed by atoms with Gasteiger partial charge < -0.3 is 0 Å². The molecule has 0 spiro atoms. The van der Waals surface area contributed by atoms with Crippen molar-refractivity contribution >= 4 is 0 Å². The van der Waals surface area contributed by atoms with Crippen molar-refractivity contribution in [2.45, 2.75) is 128 Å². The van der Waals surface area contributed by atoms with Crippen LogP contribution in [0.3, 0.4) is 0 Å². The highest BCUT2D eigenvalue weighted by Gasteiger charge is 2.65. The largest absolute Gasteiger partial charge is 0.213 e. The standard InChI is InChI=1S/C42H52N2/c1-7-10-15-31-18-23-34-38(27-31)42(9-3,41(6,8-2)44-25-14-12-17-40(34)44)30(5)43-24-13-11-16-39(43)35-28-37-33-21-19-32(20-22-33)36(37)26-29(35)4/h11-14,16-18,23-28,30,32-33H,7-10,15,19-22H2,1-6H3/q+2. The second kappa shape index (κ2) is 11.3. The molecule has 3 unspecified atom stereocenters. The zero-order chi connectivity index (χ0) is 30.6. The van der Waals surface area contributed by atoms with Gasteiger partial charge in [0.1, 0.15) is 5.41 Å². The molecular formula is C42H52N2+2. The Balaban J connectivity index is 1.45. The first-order valence-electron chi connectivity index (χ1n) is 17.7. The van der Waals surface area contributed by atoms with Gasteiger partial charge in [0.15, 0.2) is 24.0 Å². The minimum atomic E-state index is -0.111. The Morgan fingerprint density at radius 3 is 2.14 bits per heavy atom. The van der Waals surface area contributed by atoms with Gasteiger partial charge in [-0.15, -0.1) is 0 Å². The molecule has 228 valence electrons. The second-order valence-corrected chi connectivity index (χ2v) is 14.4. The van der Waals surface area contributed by atoms with E-state index in [2.05, 4.69) is 130 Å². The molecule has 1 fully saturated rings. The molecule has 3 atom stereocenters. The summed E-state index contributed by atoms with van der Waals surface area (Å²) in [6.45, 7) is 14.6. The van der Waals surface area contributed by atoms with Gasteiger partial charge in [-0.25, -0.2) is 0 Å². The predicted octanol–water partition coefficient (Wildman–Crippen LogP) is 10.0. The molecular weight excluding hydrogens is 532 g/mol. The van der Waals surface area contributed by atoms with Crippen molar-refractivity contribution in [1.82, 2.24) is 0 Å². The summed E-state index contributed by atoms with van der Waals surface area (Å²) in [4.78, 5) is 0. The topological polar surface area (TPSA) is 7.76 Å². The number of aryl methyl sites for hydroxylation is 2. The summed E-state index contributed by atoms with van der Waals surface area (Å²) in [6.07, 6.45) is 16.0. The van der Waals surface area contributed by atoms with Crippen molar-refractivity contribution in [2.24, 2.45) is 0 Å². The molecule has 0 N–H and O–H groups in total. The number of unbranched alkanes of at least 4 members (excludes halogenated alkanes) is 1. The van der Waals surface area contributed by atoms with Crippen LogP contribution in [0.2, 0.25) is 0 Å².